The SMILES string of the molecule is COCCCN(C(=O)c1ccc(Cl)c(Cl)c1)C(C)c1nc2ccccc2c(=O)n1-c1ccc(C)c(C)c1. The lowest BCUT2D eigenvalue weighted by atomic mass is 10.1. The van der Waals surface area contributed by atoms with Gasteiger partial charge in [0.2, 0.25) is 0 Å². The van der Waals surface area contributed by atoms with Crippen LogP contribution in [0.25, 0.3) is 16.6 Å². The molecule has 0 aliphatic rings. The summed E-state index contributed by atoms with van der Waals surface area (Å²) in [5.41, 5.74) is 3.67. The Bertz CT molecular complexity index is 1520. The molecular weight excluding hydrogens is 509 g/mol. The van der Waals surface area contributed by atoms with Crippen molar-refractivity contribution in [2.75, 3.05) is 20.3 Å². The Morgan fingerprint density at radius 1 is 1.03 bits per heavy atom. The van der Waals surface area contributed by atoms with Crippen molar-refractivity contribution in [3.05, 3.63) is 104 Å². The second-order valence-electron chi connectivity index (χ2n) is 9.05. The van der Waals surface area contributed by atoms with Crippen molar-refractivity contribution in [2.45, 2.75) is 33.2 Å². The Hall–Kier alpha value is -3.19. The highest BCUT2D eigenvalue weighted by Crippen LogP contribution is 2.28. The second kappa shape index (κ2) is 11.5. The molecule has 8 heteroatoms. The molecule has 0 N–H and O–H groups in total. The van der Waals surface area contributed by atoms with Crippen LogP contribution in [0.2, 0.25) is 10.0 Å². The van der Waals surface area contributed by atoms with E-state index in [0.29, 0.717) is 57.6 Å². The van der Waals surface area contributed by atoms with Gasteiger partial charge in [-0.1, -0.05) is 41.4 Å². The summed E-state index contributed by atoms with van der Waals surface area (Å²) in [7, 11) is 1.62. The average molecular weight is 538 g/mol. The van der Waals surface area contributed by atoms with E-state index in [2.05, 4.69) is 0 Å². The molecule has 1 atom stereocenters. The molecule has 1 amide bonds. The fourth-order valence-electron chi connectivity index (χ4n) is 4.33. The quantitative estimate of drug-likeness (QED) is 0.239. The van der Waals surface area contributed by atoms with Crippen molar-refractivity contribution < 1.29 is 9.53 Å². The maximum Gasteiger partial charge on any atom is 0.266 e. The molecule has 6 nitrogen and oxygen atoms in total. The summed E-state index contributed by atoms with van der Waals surface area (Å²) < 4.78 is 6.86. The number of para-hydroxylation sites is 1. The van der Waals surface area contributed by atoms with E-state index in [-0.39, 0.29) is 11.5 Å². The lowest BCUT2D eigenvalue weighted by molar-refractivity contribution is 0.0657. The van der Waals surface area contributed by atoms with Crippen LogP contribution in [0, 0.1) is 13.8 Å². The molecule has 4 aromatic rings. The van der Waals surface area contributed by atoms with Crippen molar-refractivity contribution in [1.82, 2.24) is 14.5 Å². The van der Waals surface area contributed by atoms with Gasteiger partial charge in [0.15, 0.2) is 0 Å². The Balaban J connectivity index is 1.90. The summed E-state index contributed by atoms with van der Waals surface area (Å²) in [5, 5.41) is 1.18. The zero-order valence-electron chi connectivity index (χ0n) is 21.3. The van der Waals surface area contributed by atoms with Crippen LogP contribution in [0.3, 0.4) is 0 Å². The first-order chi connectivity index (χ1) is 17.7. The summed E-state index contributed by atoms with van der Waals surface area (Å²) in [5.74, 6) is 0.231. The number of halogens is 2. The standard InChI is InChI=1S/C29H29Cl2N3O3/c1-18-10-12-22(16-19(18)2)34-27(32-26-9-6-5-8-23(26)29(34)36)20(3)33(14-7-15-37-4)28(35)21-11-13-24(30)25(31)17-21/h5-6,8-13,16-17,20H,7,14-15H2,1-4H3. The molecule has 192 valence electrons. The smallest absolute Gasteiger partial charge is 0.266 e. The summed E-state index contributed by atoms with van der Waals surface area (Å²) in [6.45, 7) is 6.79. The Labute approximate surface area is 226 Å². The zero-order chi connectivity index (χ0) is 26.7. The number of benzene rings is 3. The minimum atomic E-state index is -0.544. The van der Waals surface area contributed by atoms with Crippen molar-refractivity contribution >= 4 is 40.0 Å². The van der Waals surface area contributed by atoms with E-state index in [9.17, 15) is 9.59 Å². The van der Waals surface area contributed by atoms with E-state index < -0.39 is 6.04 Å². The van der Waals surface area contributed by atoms with E-state index in [1.54, 1.807) is 40.8 Å². The van der Waals surface area contributed by atoms with Crippen molar-refractivity contribution in [2.24, 2.45) is 0 Å². The number of rotatable bonds is 8. The van der Waals surface area contributed by atoms with Gasteiger partial charge in [0.1, 0.15) is 5.82 Å². The first kappa shape index (κ1) is 26.9. The minimum Gasteiger partial charge on any atom is -0.385 e. The van der Waals surface area contributed by atoms with Crippen LogP contribution in [0.15, 0.2) is 65.5 Å². The molecule has 0 spiro atoms. The second-order valence-corrected chi connectivity index (χ2v) is 9.86. The number of nitrogens with zero attached hydrogens (tertiary/aromatic N) is 3. The van der Waals surface area contributed by atoms with Crippen molar-refractivity contribution in [1.29, 1.82) is 0 Å². The molecule has 0 saturated carbocycles. The summed E-state index contributed by atoms with van der Waals surface area (Å²) in [6, 6.07) is 17.4. The van der Waals surface area contributed by atoms with Crippen LogP contribution in [0.4, 0.5) is 0 Å². The third kappa shape index (κ3) is 5.57. The van der Waals surface area contributed by atoms with Crippen LogP contribution < -0.4 is 5.56 Å². The number of amides is 1. The van der Waals surface area contributed by atoms with E-state index >= 15 is 0 Å². The fourth-order valence-corrected chi connectivity index (χ4v) is 4.63. The summed E-state index contributed by atoms with van der Waals surface area (Å²) >= 11 is 12.3. The van der Waals surface area contributed by atoms with E-state index in [0.717, 1.165) is 11.1 Å². The van der Waals surface area contributed by atoms with Crippen LogP contribution in [0.1, 0.15) is 46.7 Å². The molecule has 1 unspecified atom stereocenters. The van der Waals surface area contributed by atoms with Gasteiger partial charge in [0.05, 0.1) is 32.7 Å². The van der Waals surface area contributed by atoms with E-state index in [1.807, 2.05) is 57.2 Å². The molecule has 0 aliphatic carbocycles. The van der Waals surface area contributed by atoms with Gasteiger partial charge in [-0.3, -0.25) is 14.2 Å². The van der Waals surface area contributed by atoms with E-state index in [1.165, 1.54) is 0 Å². The highest BCUT2D eigenvalue weighted by Gasteiger charge is 2.28. The Morgan fingerprint density at radius 3 is 2.49 bits per heavy atom. The number of carbonyl (C=O) groups is 1. The number of hydrogen-bond donors (Lipinski definition) is 0. The average Bonchev–Trinajstić information content (AvgIpc) is 2.89. The number of carbonyl (C=O) groups excluding carboxylic acids is 1. The van der Waals surface area contributed by atoms with Gasteiger partial charge in [-0.15, -0.1) is 0 Å². The first-order valence-electron chi connectivity index (χ1n) is 12.1. The predicted octanol–water partition coefficient (Wildman–Crippen LogP) is 6.55. The lowest BCUT2D eigenvalue weighted by Crippen LogP contribution is -2.38. The summed E-state index contributed by atoms with van der Waals surface area (Å²) in [6.07, 6.45) is 0.607. The zero-order valence-corrected chi connectivity index (χ0v) is 22.8. The van der Waals surface area contributed by atoms with Gasteiger partial charge in [0, 0.05) is 25.8 Å². The van der Waals surface area contributed by atoms with Gasteiger partial charge in [0.25, 0.3) is 11.5 Å². The number of hydrogen-bond acceptors (Lipinski definition) is 4. The largest absolute Gasteiger partial charge is 0.385 e. The maximum atomic E-state index is 13.8. The van der Waals surface area contributed by atoms with Crippen LogP contribution >= 0.6 is 23.2 Å². The number of methoxy groups -OCH3 is 1. The highest BCUT2D eigenvalue weighted by atomic mass is 35.5. The molecule has 0 fully saturated rings. The topological polar surface area (TPSA) is 64.4 Å². The van der Waals surface area contributed by atoms with Crippen LogP contribution in [-0.2, 0) is 4.74 Å². The molecule has 37 heavy (non-hydrogen) atoms. The van der Waals surface area contributed by atoms with Gasteiger partial charge in [-0.25, -0.2) is 4.98 Å². The highest BCUT2D eigenvalue weighted by molar-refractivity contribution is 6.42. The maximum absolute atomic E-state index is 13.8. The minimum absolute atomic E-state index is 0.186. The van der Waals surface area contributed by atoms with Crippen LogP contribution in [-0.4, -0.2) is 40.6 Å². The molecule has 0 saturated heterocycles. The number of fused-ring (bicyclic) bond motifs is 1. The molecular formula is C29H29Cl2N3O3. The molecule has 0 bridgehead atoms. The number of aromatic nitrogens is 2. The van der Waals surface area contributed by atoms with Crippen molar-refractivity contribution in [3.8, 4) is 5.69 Å². The molecule has 1 aromatic heterocycles. The summed E-state index contributed by atoms with van der Waals surface area (Å²) in [4.78, 5) is 34.2. The number of ether oxygens (including phenoxy) is 1. The van der Waals surface area contributed by atoms with E-state index in [4.69, 9.17) is 32.9 Å². The third-order valence-electron chi connectivity index (χ3n) is 6.57. The molecule has 3 aromatic carbocycles. The van der Waals surface area contributed by atoms with Gasteiger partial charge < -0.3 is 9.64 Å². The number of aryl methyl sites for hydroxylation is 2. The molecule has 0 aliphatic heterocycles. The normalized spacial score (nSPS) is 12.1. The predicted molar refractivity (Wildman–Crippen MR) is 149 cm³/mol. The molecule has 4 rings (SSSR count). The Morgan fingerprint density at radius 2 is 1.78 bits per heavy atom. The first-order valence-corrected chi connectivity index (χ1v) is 12.8. The fraction of sp³-hybridized carbons (Fsp3) is 0.276. The van der Waals surface area contributed by atoms with Crippen LogP contribution in [0.5, 0.6) is 0 Å². The monoisotopic (exact) mass is 537 g/mol. The van der Waals surface area contributed by atoms with Gasteiger partial charge >= 0.3 is 0 Å². The van der Waals surface area contributed by atoms with Crippen molar-refractivity contribution in [3.63, 3.8) is 0 Å². The van der Waals surface area contributed by atoms with Gasteiger partial charge in [-0.2, -0.15) is 0 Å². The molecule has 1 heterocycles. The van der Waals surface area contributed by atoms with Gasteiger partial charge in [-0.05, 0) is 80.8 Å². The third-order valence-corrected chi connectivity index (χ3v) is 7.31. The lowest BCUT2D eigenvalue weighted by Gasteiger charge is -2.31. The molecule has 0 radical (unpaired) electrons. The Kier molecular flexibility index (Phi) is 8.32.